The van der Waals surface area contributed by atoms with Crippen molar-refractivity contribution in [2.24, 2.45) is 28.6 Å². The number of halogens is 2. The molecule has 39 heavy (non-hydrogen) atoms. The van der Waals surface area contributed by atoms with E-state index in [4.69, 9.17) is 4.74 Å². The predicted octanol–water partition coefficient (Wildman–Crippen LogP) is 5.65. The van der Waals surface area contributed by atoms with Crippen LogP contribution in [0.4, 0.5) is 8.78 Å². The molecule has 0 aliphatic heterocycles. The first kappa shape index (κ1) is 26.7. The van der Waals surface area contributed by atoms with Crippen LogP contribution in [0.1, 0.15) is 64.1 Å². The molecule has 7 atom stereocenters. The van der Waals surface area contributed by atoms with Gasteiger partial charge in [-0.3, -0.25) is 9.59 Å². The first-order valence-corrected chi connectivity index (χ1v) is 14.7. The van der Waals surface area contributed by atoms with Gasteiger partial charge in [-0.05, 0) is 109 Å². The van der Waals surface area contributed by atoms with Crippen molar-refractivity contribution in [2.45, 2.75) is 71.0 Å². The minimum absolute atomic E-state index is 0.0324. The number of ether oxygens (including phenoxy) is 1. The van der Waals surface area contributed by atoms with Gasteiger partial charge in [-0.1, -0.05) is 19.4 Å². The van der Waals surface area contributed by atoms with E-state index in [1.807, 2.05) is 17.8 Å². The van der Waals surface area contributed by atoms with E-state index in [0.717, 1.165) is 36.2 Å². The number of thioether (sulfide) groups is 1. The summed E-state index contributed by atoms with van der Waals surface area (Å²) >= 11 is 0.562. The second-order valence-corrected chi connectivity index (χ2v) is 13.1. The van der Waals surface area contributed by atoms with Gasteiger partial charge in [-0.2, -0.15) is 5.10 Å². The Bertz CT molecular complexity index is 1360. The second-order valence-electron chi connectivity index (χ2n) is 12.2. The Balaban J connectivity index is 1.36. The van der Waals surface area contributed by atoms with Crippen molar-refractivity contribution in [3.05, 3.63) is 53.1 Å². The molecule has 2 aromatic rings. The molecule has 1 heterocycles. The number of carbonyl (C=O) groups excluding carboxylic acids is 2. The number of nitrogens with zero attached hydrogens (tertiary/aromatic N) is 2. The molecule has 4 aliphatic rings. The molecule has 3 saturated carbocycles. The first-order valence-electron chi connectivity index (χ1n) is 13.7. The molecular weight excluding hydrogens is 522 g/mol. The number of allylic oxidation sites excluding steroid dienone is 1. The Kier molecular flexibility index (Phi) is 6.34. The molecule has 1 aromatic carbocycles. The lowest BCUT2D eigenvalue weighted by molar-refractivity contribution is -0.195. The number of rotatable bonds is 4. The minimum atomic E-state index is -1.43. The van der Waals surface area contributed by atoms with Gasteiger partial charge in [0.2, 0.25) is 5.12 Å². The number of aliphatic hydroxyl groups is 1. The third-order valence-corrected chi connectivity index (χ3v) is 11.2. The van der Waals surface area contributed by atoms with Crippen molar-refractivity contribution >= 4 is 28.9 Å². The number of esters is 1. The molecule has 0 saturated heterocycles. The van der Waals surface area contributed by atoms with Crippen molar-refractivity contribution in [2.75, 3.05) is 6.01 Å². The van der Waals surface area contributed by atoms with E-state index in [-0.39, 0.29) is 29.0 Å². The first-order chi connectivity index (χ1) is 18.5. The molecule has 208 valence electrons. The molecule has 6 rings (SSSR count). The average molecular weight is 557 g/mol. The predicted molar refractivity (Wildman–Crippen MR) is 144 cm³/mol. The largest absolute Gasteiger partial charge is 0.450 e. The molecule has 1 aromatic heterocycles. The van der Waals surface area contributed by atoms with Crippen molar-refractivity contribution < 1.29 is 28.2 Å². The van der Waals surface area contributed by atoms with Crippen LogP contribution in [-0.2, 0) is 20.7 Å². The maximum absolute atomic E-state index is 13.5. The monoisotopic (exact) mass is 556 g/mol. The van der Waals surface area contributed by atoms with Gasteiger partial charge in [0.05, 0.1) is 23.7 Å². The van der Waals surface area contributed by atoms with Crippen molar-refractivity contribution in [3.8, 4) is 5.69 Å². The van der Waals surface area contributed by atoms with Crippen LogP contribution in [0, 0.1) is 34.4 Å². The zero-order valence-corrected chi connectivity index (χ0v) is 23.3. The van der Waals surface area contributed by atoms with Crippen molar-refractivity contribution in [3.63, 3.8) is 0 Å². The van der Waals surface area contributed by atoms with Gasteiger partial charge in [0.15, 0.2) is 5.60 Å². The van der Waals surface area contributed by atoms with Gasteiger partial charge in [0.25, 0.3) is 0 Å². The third kappa shape index (κ3) is 3.79. The summed E-state index contributed by atoms with van der Waals surface area (Å²) < 4.78 is 34.5. The maximum Gasteiger partial charge on any atom is 0.303 e. The summed E-state index contributed by atoms with van der Waals surface area (Å²) in [7, 11) is 0. The van der Waals surface area contributed by atoms with E-state index in [0.29, 0.717) is 31.0 Å². The zero-order chi connectivity index (χ0) is 27.7. The molecule has 0 unspecified atom stereocenters. The van der Waals surface area contributed by atoms with Gasteiger partial charge in [0.1, 0.15) is 11.8 Å². The number of aromatic nitrogens is 2. The highest BCUT2D eigenvalue weighted by atomic mass is 32.2. The smallest absolute Gasteiger partial charge is 0.303 e. The number of fused-ring (bicyclic) bond motifs is 6. The van der Waals surface area contributed by atoms with E-state index in [1.165, 1.54) is 24.6 Å². The van der Waals surface area contributed by atoms with Gasteiger partial charge in [-0.15, -0.1) is 0 Å². The van der Waals surface area contributed by atoms with Crippen molar-refractivity contribution in [1.29, 1.82) is 0 Å². The summed E-state index contributed by atoms with van der Waals surface area (Å²) in [6, 6.07) is 5.42. The number of hydrogen-bond acceptors (Lipinski definition) is 6. The molecule has 0 spiro atoms. The maximum atomic E-state index is 13.5. The minimum Gasteiger partial charge on any atom is -0.450 e. The normalized spacial score (nSPS) is 36.7. The highest BCUT2D eigenvalue weighted by Crippen LogP contribution is 2.68. The molecule has 0 bridgehead atoms. The van der Waals surface area contributed by atoms with Gasteiger partial charge in [-0.25, -0.2) is 13.5 Å². The third-order valence-electron chi connectivity index (χ3n) is 10.4. The standard InChI is InChI=1S/C30H34F2N2O4S/c1-17(35)38-30(27(37)39-16-31)11-10-23-22-9-4-19-12-24-18(15-33-34(24)21-7-5-20(32)6-8-21)13-28(19,2)26(22)25(36)14-29(23,30)3/h5-8,12,15,22-23,25-26,36H,4,9-11,13-14,16H2,1-3H3/t22-,23-,25-,26+,28-,29-,30-/m0/s1. The van der Waals surface area contributed by atoms with E-state index >= 15 is 0 Å². The lowest BCUT2D eigenvalue weighted by Crippen LogP contribution is -2.62. The fraction of sp³-hybridized carbons (Fsp3) is 0.567. The lowest BCUT2D eigenvalue weighted by Gasteiger charge is -2.60. The number of alkyl halides is 1. The summed E-state index contributed by atoms with van der Waals surface area (Å²) in [5, 5.41) is 16.0. The zero-order valence-electron chi connectivity index (χ0n) is 22.5. The number of aliphatic hydroxyl groups excluding tert-OH is 1. The number of hydrogen-bond donors (Lipinski definition) is 1. The van der Waals surface area contributed by atoms with E-state index in [1.54, 1.807) is 12.1 Å². The van der Waals surface area contributed by atoms with E-state index in [2.05, 4.69) is 18.1 Å². The number of carbonyl (C=O) groups is 2. The Morgan fingerprint density at radius 3 is 2.67 bits per heavy atom. The molecule has 9 heteroatoms. The van der Waals surface area contributed by atoms with E-state index < -0.39 is 34.2 Å². The van der Waals surface area contributed by atoms with Gasteiger partial charge >= 0.3 is 5.97 Å². The summed E-state index contributed by atoms with van der Waals surface area (Å²) in [6.07, 6.45) is 7.14. The SMILES string of the molecule is CC(=O)O[C@]1(C(=O)SCF)CC[C@H]2[C@@H]3CCC4=Cc5c(cnn5-c5ccc(F)cc5)C[C@]4(C)[C@H]3[C@@H](O)C[C@@]21C. The summed E-state index contributed by atoms with van der Waals surface area (Å²) in [5.41, 5.74) is 1.65. The van der Waals surface area contributed by atoms with Gasteiger partial charge < -0.3 is 9.84 Å². The van der Waals surface area contributed by atoms with Crippen molar-refractivity contribution in [1.82, 2.24) is 9.78 Å². The molecule has 3 fully saturated rings. The van der Waals surface area contributed by atoms with Crippen LogP contribution < -0.4 is 0 Å². The van der Waals surface area contributed by atoms with Gasteiger partial charge in [0, 0.05) is 12.3 Å². The Morgan fingerprint density at radius 1 is 1.23 bits per heavy atom. The Labute approximate surface area is 231 Å². The van der Waals surface area contributed by atoms with Crippen LogP contribution in [0.2, 0.25) is 0 Å². The Hall–Kier alpha value is -2.52. The highest BCUT2D eigenvalue weighted by Gasteiger charge is 2.70. The van der Waals surface area contributed by atoms with Crippen LogP contribution in [0.25, 0.3) is 11.8 Å². The number of benzene rings is 1. The fourth-order valence-electron chi connectivity index (χ4n) is 8.92. The van der Waals surface area contributed by atoms with Crippen LogP contribution >= 0.6 is 11.8 Å². The molecule has 0 amide bonds. The van der Waals surface area contributed by atoms with Crippen LogP contribution in [0.5, 0.6) is 0 Å². The van der Waals surface area contributed by atoms with E-state index in [9.17, 15) is 23.5 Å². The topological polar surface area (TPSA) is 81.4 Å². The molecule has 6 nitrogen and oxygen atoms in total. The fourth-order valence-corrected chi connectivity index (χ4v) is 9.63. The van der Waals surface area contributed by atoms with Crippen LogP contribution in [-0.4, -0.2) is 43.7 Å². The lowest BCUT2D eigenvalue weighted by atomic mass is 9.45. The quantitative estimate of drug-likeness (QED) is 0.490. The molecule has 4 aliphatic carbocycles. The second kappa shape index (κ2) is 9.26. The summed E-state index contributed by atoms with van der Waals surface area (Å²) in [4.78, 5) is 25.5. The molecule has 1 N–H and O–H groups in total. The van der Waals surface area contributed by atoms with Crippen LogP contribution in [0.3, 0.4) is 0 Å². The molecule has 0 radical (unpaired) electrons. The van der Waals surface area contributed by atoms with Crippen LogP contribution in [0.15, 0.2) is 36.0 Å². The average Bonchev–Trinajstić information content (AvgIpc) is 3.40. The highest BCUT2D eigenvalue weighted by molar-refractivity contribution is 8.13. The summed E-state index contributed by atoms with van der Waals surface area (Å²) in [5.74, 6) is -0.682. The molecular formula is C30H34F2N2O4S. The summed E-state index contributed by atoms with van der Waals surface area (Å²) in [6.45, 7) is 5.49. The Morgan fingerprint density at radius 2 is 1.97 bits per heavy atom.